The maximum atomic E-state index is 11.9. The predicted molar refractivity (Wildman–Crippen MR) is 92.2 cm³/mol. The number of hydrogen-bond acceptors (Lipinski definition) is 4. The van der Waals surface area contributed by atoms with Crippen LogP contribution in [-0.4, -0.2) is 23.6 Å². The SMILES string of the molecule is CC[C@@H](C)c1ccc(NC(=O)COC(=O)c2ccccc2O)cc1. The Labute approximate surface area is 141 Å². The normalized spacial score (nSPS) is 11.6. The lowest BCUT2D eigenvalue weighted by Gasteiger charge is -2.11. The fraction of sp³-hybridized carbons (Fsp3) is 0.263. The second kappa shape index (κ2) is 8.15. The van der Waals surface area contributed by atoms with Gasteiger partial charge in [0.1, 0.15) is 11.3 Å². The van der Waals surface area contributed by atoms with Gasteiger partial charge in [-0.1, -0.05) is 38.1 Å². The number of carbonyl (C=O) groups excluding carboxylic acids is 2. The number of ether oxygens (including phenoxy) is 1. The number of hydrogen-bond donors (Lipinski definition) is 2. The summed E-state index contributed by atoms with van der Waals surface area (Å²) >= 11 is 0. The number of phenols is 1. The van der Waals surface area contributed by atoms with E-state index in [4.69, 9.17) is 4.74 Å². The number of carbonyl (C=O) groups is 2. The van der Waals surface area contributed by atoms with Crippen LogP contribution in [0.2, 0.25) is 0 Å². The summed E-state index contributed by atoms with van der Waals surface area (Å²) in [6.45, 7) is 3.85. The van der Waals surface area contributed by atoms with Crippen LogP contribution in [-0.2, 0) is 9.53 Å². The molecule has 2 rings (SSSR count). The zero-order chi connectivity index (χ0) is 17.5. The molecule has 0 spiro atoms. The van der Waals surface area contributed by atoms with Crippen LogP contribution in [0.4, 0.5) is 5.69 Å². The predicted octanol–water partition coefficient (Wildman–Crippen LogP) is 3.70. The first-order valence-corrected chi connectivity index (χ1v) is 7.86. The Kier molecular flexibility index (Phi) is 5.95. The minimum absolute atomic E-state index is 0.0307. The van der Waals surface area contributed by atoms with Crippen LogP contribution in [0.25, 0.3) is 0 Å². The lowest BCUT2D eigenvalue weighted by atomic mass is 9.99. The van der Waals surface area contributed by atoms with Crippen LogP contribution in [0.15, 0.2) is 48.5 Å². The Morgan fingerprint density at radius 3 is 2.42 bits per heavy atom. The van der Waals surface area contributed by atoms with Crippen molar-refractivity contribution in [3.05, 3.63) is 59.7 Å². The fourth-order valence-electron chi connectivity index (χ4n) is 2.18. The molecule has 0 aromatic heterocycles. The Bertz CT molecular complexity index is 710. The molecule has 1 amide bonds. The topological polar surface area (TPSA) is 75.6 Å². The second-order valence-corrected chi connectivity index (χ2v) is 5.57. The van der Waals surface area contributed by atoms with Crippen molar-refractivity contribution in [3.63, 3.8) is 0 Å². The van der Waals surface area contributed by atoms with E-state index >= 15 is 0 Å². The molecule has 0 unspecified atom stereocenters. The summed E-state index contributed by atoms with van der Waals surface area (Å²) in [5.41, 5.74) is 1.88. The first-order valence-electron chi connectivity index (χ1n) is 7.86. The van der Waals surface area contributed by atoms with E-state index in [2.05, 4.69) is 19.2 Å². The van der Waals surface area contributed by atoms with Crippen LogP contribution < -0.4 is 5.32 Å². The van der Waals surface area contributed by atoms with Gasteiger partial charge in [-0.3, -0.25) is 4.79 Å². The van der Waals surface area contributed by atoms with Gasteiger partial charge in [0.05, 0.1) is 0 Å². The van der Waals surface area contributed by atoms with E-state index in [-0.39, 0.29) is 11.3 Å². The Morgan fingerprint density at radius 2 is 1.79 bits per heavy atom. The fourth-order valence-corrected chi connectivity index (χ4v) is 2.18. The number of anilines is 1. The molecule has 5 nitrogen and oxygen atoms in total. The molecule has 0 saturated heterocycles. The molecule has 2 aromatic rings. The van der Waals surface area contributed by atoms with E-state index in [1.54, 1.807) is 12.1 Å². The van der Waals surface area contributed by atoms with Crippen LogP contribution in [0, 0.1) is 0 Å². The van der Waals surface area contributed by atoms with Gasteiger partial charge >= 0.3 is 5.97 Å². The third kappa shape index (κ3) is 4.59. The van der Waals surface area contributed by atoms with Crippen molar-refractivity contribution in [2.24, 2.45) is 0 Å². The molecule has 0 radical (unpaired) electrons. The maximum absolute atomic E-state index is 11.9. The summed E-state index contributed by atoms with van der Waals surface area (Å²) in [5.74, 6) is -0.886. The van der Waals surface area contributed by atoms with Crippen molar-refractivity contribution < 1.29 is 19.4 Å². The average Bonchev–Trinajstić information content (AvgIpc) is 2.60. The highest BCUT2D eigenvalue weighted by molar-refractivity contribution is 5.96. The minimum Gasteiger partial charge on any atom is -0.507 e. The van der Waals surface area contributed by atoms with Gasteiger partial charge in [0.15, 0.2) is 6.61 Å². The molecule has 0 aliphatic rings. The van der Waals surface area contributed by atoms with Crippen LogP contribution in [0.5, 0.6) is 5.75 Å². The van der Waals surface area contributed by atoms with E-state index in [9.17, 15) is 14.7 Å². The Morgan fingerprint density at radius 1 is 1.12 bits per heavy atom. The Hall–Kier alpha value is -2.82. The van der Waals surface area contributed by atoms with Crippen LogP contribution in [0.1, 0.15) is 42.1 Å². The zero-order valence-corrected chi connectivity index (χ0v) is 13.8. The molecular weight excluding hydrogens is 306 g/mol. The van der Waals surface area contributed by atoms with Crippen molar-refractivity contribution in [3.8, 4) is 5.75 Å². The van der Waals surface area contributed by atoms with Crippen molar-refractivity contribution in [1.82, 2.24) is 0 Å². The van der Waals surface area contributed by atoms with E-state index in [0.29, 0.717) is 11.6 Å². The smallest absolute Gasteiger partial charge is 0.342 e. The first kappa shape index (κ1) is 17.5. The number of phenolic OH excluding ortho intramolecular Hbond substituents is 1. The molecule has 2 N–H and O–H groups in total. The first-order chi connectivity index (χ1) is 11.5. The van der Waals surface area contributed by atoms with Gasteiger partial charge in [-0.2, -0.15) is 0 Å². The molecule has 0 fully saturated rings. The van der Waals surface area contributed by atoms with E-state index in [1.165, 1.54) is 17.7 Å². The highest BCUT2D eigenvalue weighted by Gasteiger charge is 2.13. The highest BCUT2D eigenvalue weighted by Crippen LogP contribution is 2.20. The van der Waals surface area contributed by atoms with E-state index < -0.39 is 18.5 Å². The van der Waals surface area contributed by atoms with E-state index in [0.717, 1.165) is 6.42 Å². The molecule has 0 aliphatic heterocycles. The third-order valence-corrected chi connectivity index (χ3v) is 3.83. The third-order valence-electron chi connectivity index (χ3n) is 3.83. The molecule has 126 valence electrons. The number of nitrogens with one attached hydrogen (secondary N) is 1. The van der Waals surface area contributed by atoms with Crippen molar-refractivity contribution >= 4 is 17.6 Å². The summed E-state index contributed by atoms with van der Waals surface area (Å²) in [7, 11) is 0. The second-order valence-electron chi connectivity index (χ2n) is 5.57. The largest absolute Gasteiger partial charge is 0.507 e. The van der Waals surface area contributed by atoms with E-state index in [1.807, 2.05) is 24.3 Å². The van der Waals surface area contributed by atoms with Crippen molar-refractivity contribution in [1.29, 1.82) is 0 Å². The van der Waals surface area contributed by atoms with Gasteiger partial charge in [0, 0.05) is 5.69 Å². The number of benzene rings is 2. The number of rotatable bonds is 6. The molecule has 0 aliphatic carbocycles. The zero-order valence-electron chi connectivity index (χ0n) is 13.8. The Balaban J connectivity index is 1.87. The highest BCUT2D eigenvalue weighted by atomic mass is 16.5. The number of amides is 1. The monoisotopic (exact) mass is 327 g/mol. The molecular formula is C19H21NO4. The van der Waals surface area contributed by atoms with Gasteiger partial charge in [-0.25, -0.2) is 4.79 Å². The maximum Gasteiger partial charge on any atom is 0.342 e. The molecule has 0 saturated carbocycles. The van der Waals surface area contributed by atoms with Gasteiger partial charge in [0.2, 0.25) is 0 Å². The van der Waals surface area contributed by atoms with Crippen LogP contribution in [0.3, 0.4) is 0 Å². The average molecular weight is 327 g/mol. The summed E-state index contributed by atoms with van der Waals surface area (Å²) < 4.78 is 4.91. The molecule has 1 atom stereocenters. The van der Waals surface area contributed by atoms with Crippen molar-refractivity contribution in [2.45, 2.75) is 26.2 Å². The van der Waals surface area contributed by atoms with Gasteiger partial charge < -0.3 is 15.2 Å². The van der Waals surface area contributed by atoms with Gasteiger partial charge in [-0.15, -0.1) is 0 Å². The summed E-state index contributed by atoms with van der Waals surface area (Å²) in [6, 6.07) is 13.6. The number of aromatic hydroxyl groups is 1. The van der Waals surface area contributed by atoms with Gasteiger partial charge in [-0.05, 0) is 42.2 Å². The van der Waals surface area contributed by atoms with Crippen molar-refractivity contribution in [2.75, 3.05) is 11.9 Å². The molecule has 24 heavy (non-hydrogen) atoms. The quantitative estimate of drug-likeness (QED) is 0.793. The summed E-state index contributed by atoms with van der Waals surface area (Å²) in [5, 5.41) is 12.2. The number of esters is 1. The molecule has 2 aromatic carbocycles. The van der Waals surface area contributed by atoms with Crippen LogP contribution >= 0.6 is 0 Å². The minimum atomic E-state index is -0.740. The molecule has 0 heterocycles. The standard InChI is InChI=1S/C19H21NO4/c1-3-13(2)14-8-10-15(11-9-14)20-18(22)12-24-19(23)16-6-4-5-7-17(16)21/h4-11,13,21H,3,12H2,1-2H3,(H,20,22)/t13-/m1/s1. The molecule has 0 bridgehead atoms. The summed E-state index contributed by atoms with van der Waals surface area (Å²) in [6.07, 6.45) is 1.05. The van der Waals surface area contributed by atoms with Gasteiger partial charge in [0.25, 0.3) is 5.91 Å². The summed E-state index contributed by atoms with van der Waals surface area (Å²) in [4.78, 5) is 23.7. The lowest BCUT2D eigenvalue weighted by Crippen LogP contribution is -2.21. The lowest BCUT2D eigenvalue weighted by molar-refractivity contribution is -0.119. The number of para-hydroxylation sites is 1. The molecule has 5 heteroatoms.